The number of rotatable bonds is 4. The standard InChI is InChI=1S/C16H15NO3/c1-17(13-8-3-2-4-9-13)15(18)11-12-7-5-6-10-14(12)16(19)20/h2-10H,11H2,1H3,(H,19,20). The van der Waals surface area contributed by atoms with Gasteiger partial charge in [-0.25, -0.2) is 4.79 Å². The lowest BCUT2D eigenvalue weighted by Crippen LogP contribution is -2.28. The number of hydrogen-bond acceptors (Lipinski definition) is 2. The van der Waals surface area contributed by atoms with E-state index in [1.165, 1.54) is 11.0 Å². The molecule has 1 amide bonds. The van der Waals surface area contributed by atoms with Crippen molar-refractivity contribution in [2.24, 2.45) is 0 Å². The van der Waals surface area contributed by atoms with E-state index in [1.807, 2.05) is 30.3 Å². The topological polar surface area (TPSA) is 57.6 Å². The highest BCUT2D eigenvalue weighted by Gasteiger charge is 2.16. The molecule has 20 heavy (non-hydrogen) atoms. The lowest BCUT2D eigenvalue weighted by Gasteiger charge is -2.17. The fraction of sp³-hybridized carbons (Fsp3) is 0.125. The van der Waals surface area contributed by atoms with Crippen LogP contribution in [-0.2, 0) is 11.2 Å². The molecule has 2 rings (SSSR count). The lowest BCUT2D eigenvalue weighted by molar-refractivity contribution is -0.117. The molecule has 0 radical (unpaired) electrons. The highest BCUT2D eigenvalue weighted by Crippen LogP contribution is 2.15. The Balaban J connectivity index is 2.18. The Bertz CT molecular complexity index is 623. The third kappa shape index (κ3) is 3.03. The number of nitrogens with zero attached hydrogens (tertiary/aromatic N) is 1. The average molecular weight is 269 g/mol. The second-order valence-corrected chi connectivity index (χ2v) is 4.43. The maximum atomic E-state index is 12.2. The first-order chi connectivity index (χ1) is 9.59. The Morgan fingerprint density at radius 3 is 2.25 bits per heavy atom. The number of benzene rings is 2. The lowest BCUT2D eigenvalue weighted by atomic mass is 10.0. The Morgan fingerprint density at radius 2 is 1.60 bits per heavy atom. The number of carboxylic acid groups (broad SMARTS) is 1. The predicted octanol–water partition coefficient (Wildman–Crippen LogP) is 2.59. The molecule has 0 fully saturated rings. The van der Waals surface area contributed by atoms with Crippen molar-refractivity contribution in [3.8, 4) is 0 Å². The maximum absolute atomic E-state index is 12.2. The van der Waals surface area contributed by atoms with Gasteiger partial charge in [0, 0.05) is 12.7 Å². The molecule has 2 aromatic rings. The molecule has 1 N–H and O–H groups in total. The molecule has 0 atom stereocenters. The SMILES string of the molecule is CN(C(=O)Cc1ccccc1C(=O)O)c1ccccc1. The van der Waals surface area contributed by atoms with Crippen molar-refractivity contribution in [3.05, 3.63) is 65.7 Å². The molecule has 0 spiro atoms. The Morgan fingerprint density at radius 1 is 1.00 bits per heavy atom. The summed E-state index contributed by atoms with van der Waals surface area (Å²) in [5.41, 5.74) is 1.47. The first kappa shape index (κ1) is 13.8. The largest absolute Gasteiger partial charge is 0.478 e. The molecule has 0 saturated carbocycles. The van der Waals surface area contributed by atoms with Gasteiger partial charge in [0.1, 0.15) is 0 Å². The van der Waals surface area contributed by atoms with Crippen molar-refractivity contribution in [1.82, 2.24) is 0 Å². The number of hydrogen-bond donors (Lipinski definition) is 1. The summed E-state index contributed by atoms with van der Waals surface area (Å²) in [7, 11) is 1.68. The van der Waals surface area contributed by atoms with Gasteiger partial charge >= 0.3 is 5.97 Å². The van der Waals surface area contributed by atoms with Gasteiger partial charge in [-0.1, -0.05) is 36.4 Å². The molecule has 0 aliphatic carbocycles. The van der Waals surface area contributed by atoms with E-state index in [0.717, 1.165) is 5.69 Å². The van der Waals surface area contributed by atoms with Crippen molar-refractivity contribution in [3.63, 3.8) is 0 Å². The minimum atomic E-state index is -1.02. The van der Waals surface area contributed by atoms with Crippen LogP contribution in [0.2, 0.25) is 0 Å². The van der Waals surface area contributed by atoms with Gasteiger partial charge in [0.25, 0.3) is 0 Å². The zero-order valence-electron chi connectivity index (χ0n) is 11.1. The van der Waals surface area contributed by atoms with E-state index in [-0.39, 0.29) is 17.9 Å². The Hall–Kier alpha value is -2.62. The van der Waals surface area contributed by atoms with Crippen molar-refractivity contribution in [1.29, 1.82) is 0 Å². The fourth-order valence-electron chi connectivity index (χ4n) is 1.96. The smallest absolute Gasteiger partial charge is 0.335 e. The molecular weight excluding hydrogens is 254 g/mol. The van der Waals surface area contributed by atoms with Gasteiger partial charge in [0.15, 0.2) is 0 Å². The summed E-state index contributed by atoms with van der Waals surface area (Å²) in [5.74, 6) is -1.17. The Kier molecular flexibility index (Phi) is 4.15. The van der Waals surface area contributed by atoms with Crippen LogP contribution in [0.3, 0.4) is 0 Å². The molecule has 0 aliphatic rings. The highest BCUT2D eigenvalue weighted by atomic mass is 16.4. The first-order valence-corrected chi connectivity index (χ1v) is 6.22. The van der Waals surface area contributed by atoms with Crippen LogP contribution in [0.25, 0.3) is 0 Å². The number of carbonyl (C=O) groups is 2. The summed E-state index contributed by atoms with van der Waals surface area (Å²) < 4.78 is 0. The van der Waals surface area contributed by atoms with Crippen LogP contribution in [0.1, 0.15) is 15.9 Å². The van der Waals surface area contributed by atoms with Crippen LogP contribution in [0, 0.1) is 0 Å². The molecular formula is C16H15NO3. The van der Waals surface area contributed by atoms with Gasteiger partial charge in [-0.15, -0.1) is 0 Å². The van der Waals surface area contributed by atoms with E-state index < -0.39 is 5.97 Å². The highest BCUT2D eigenvalue weighted by molar-refractivity contribution is 5.97. The number of carboxylic acids is 1. The summed E-state index contributed by atoms with van der Waals surface area (Å²) in [6.07, 6.45) is 0.0634. The third-order valence-corrected chi connectivity index (χ3v) is 3.11. The fourth-order valence-corrected chi connectivity index (χ4v) is 1.96. The zero-order chi connectivity index (χ0) is 14.5. The summed E-state index contributed by atoms with van der Waals surface area (Å²) >= 11 is 0. The van der Waals surface area contributed by atoms with Gasteiger partial charge in [-0.2, -0.15) is 0 Å². The van der Waals surface area contributed by atoms with Crippen molar-refractivity contribution >= 4 is 17.6 Å². The van der Waals surface area contributed by atoms with Crippen molar-refractivity contribution < 1.29 is 14.7 Å². The van der Waals surface area contributed by atoms with Crippen LogP contribution >= 0.6 is 0 Å². The van der Waals surface area contributed by atoms with Crippen LogP contribution in [-0.4, -0.2) is 24.0 Å². The second-order valence-electron chi connectivity index (χ2n) is 4.43. The summed E-state index contributed by atoms with van der Waals surface area (Å²) in [6.45, 7) is 0. The molecule has 2 aromatic carbocycles. The van der Waals surface area contributed by atoms with Crippen molar-refractivity contribution in [2.45, 2.75) is 6.42 Å². The minimum absolute atomic E-state index is 0.0634. The first-order valence-electron chi connectivity index (χ1n) is 6.22. The summed E-state index contributed by atoms with van der Waals surface area (Å²) in [5, 5.41) is 9.11. The van der Waals surface area contributed by atoms with E-state index in [2.05, 4.69) is 0 Å². The van der Waals surface area contributed by atoms with Gasteiger partial charge in [-0.3, -0.25) is 4.79 Å². The van der Waals surface area contributed by atoms with Gasteiger partial charge in [-0.05, 0) is 23.8 Å². The second kappa shape index (κ2) is 6.02. The minimum Gasteiger partial charge on any atom is -0.478 e. The third-order valence-electron chi connectivity index (χ3n) is 3.11. The van der Waals surface area contributed by atoms with Gasteiger partial charge < -0.3 is 10.0 Å². The van der Waals surface area contributed by atoms with Crippen LogP contribution < -0.4 is 4.90 Å². The number of para-hydroxylation sites is 1. The zero-order valence-corrected chi connectivity index (χ0v) is 11.1. The molecule has 0 aromatic heterocycles. The van der Waals surface area contributed by atoms with Gasteiger partial charge in [0.05, 0.1) is 12.0 Å². The van der Waals surface area contributed by atoms with E-state index in [1.54, 1.807) is 25.2 Å². The number of aromatic carboxylic acids is 1. The van der Waals surface area contributed by atoms with Crippen LogP contribution in [0.5, 0.6) is 0 Å². The van der Waals surface area contributed by atoms with E-state index in [9.17, 15) is 9.59 Å². The molecule has 0 unspecified atom stereocenters. The van der Waals surface area contributed by atoms with E-state index in [0.29, 0.717) is 5.56 Å². The number of likely N-dealkylation sites (N-methyl/N-ethyl adjacent to an activating group) is 1. The molecule has 0 bridgehead atoms. The molecule has 102 valence electrons. The summed E-state index contributed by atoms with van der Waals surface area (Å²) in [6, 6.07) is 15.8. The number of amides is 1. The molecule has 0 saturated heterocycles. The Labute approximate surface area is 117 Å². The molecule has 0 aliphatic heterocycles. The predicted molar refractivity (Wildman–Crippen MR) is 77.0 cm³/mol. The summed E-state index contributed by atoms with van der Waals surface area (Å²) in [4.78, 5) is 24.9. The van der Waals surface area contributed by atoms with Crippen LogP contribution in [0.4, 0.5) is 5.69 Å². The molecule has 4 heteroatoms. The number of carbonyl (C=O) groups excluding carboxylic acids is 1. The number of anilines is 1. The van der Waals surface area contributed by atoms with Gasteiger partial charge in [0.2, 0.25) is 5.91 Å². The van der Waals surface area contributed by atoms with Crippen LogP contribution in [0.15, 0.2) is 54.6 Å². The van der Waals surface area contributed by atoms with E-state index >= 15 is 0 Å². The monoisotopic (exact) mass is 269 g/mol. The normalized spacial score (nSPS) is 10.1. The molecule has 0 heterocycles. The van der Waals surface area contributed by atoms with Crippen molar-refractivity contribution in [2.75, 3.05) is 11.9 Å². The average Bonchev–Trinajstić information content (AvgIpc) is 2.47. The maximum Gasteiger partial charge on any atom is 0.335 e. The quantitative estimate of drug-likeness (QED) is 0.928. The molecule has 4 nitrogen and oxygen atoms in total. The van der Waals surface area contributed by atoms with E-state index in [4.69, 9.17) is 5.11 Å².